The quantitative estimate of drug-likeness (QED) is 0.883. The smallest absolute Gasteiger partial charge is 0.269 e. The lowest BCUT2D eigenvalue weighted by atomic mass is 10.2. The van der Waals surface area contributed by atoms with E-state index in [1.807, 2.05) is 13.0 Å². The molecule has 1 aromatic carbocycles. The molecule has 0 fully saturated rings. The normalized spacial score (nSPS) is 14.9. The van der Waals surface area contributed by atoms with E-state index in [0.717, 1.165) is 10.4 Å². The predicted molar refractivity (Wildman–Crippen MR) is 91.8 cm³/mol. The summed E-state index contributed by atoms with van der Waals surface area (Å²) < 4.78 is 25.4. The van der Waals surface area contributed by atoms with Gasteiger partial charge in [-0.2, -0.15) is 5.26 Å². The third-order valence-electron chi connectivity index (χ3n) is 3.95. The van der Waals surface area contributed by atoms with Crippen LogP contribution in [-0.2, 0) is 14.8 Å². The molecule has 1 aliphatic heterocycles. The van der Waals surface area contributed by atoms with Gasteiger partial charge < -0.3 is 5.32 Å². The summed E-state index contributed by atoms with van der Waals surface area (Å²) in [5, 5.41) is 12.1. The van der Waals surface area contributed by atoms with Gasteiger partial charge in [0.1, 0.15) is 22.5 Å². The van der Waals surface area contributed by atoms with Gasteiger partial charge in [0, 0.05) is 4.88 Å². The minimum Gasteiger partial charge on any atom is -0.315 e. The van der Waals surface area contributed by atoms with Crippen LogP contribution in [0.15, 0.2) is 29.2 Å². The van der Waals surface area contributed by atoms with Gasteiger partial charge in [-0.1, -0.05) is 12.1 Å². The number of nitrogens with zero attached hydrogens (tertiary/aromatic N) is 2. The molecule has 0 saturated carbocycles. The zero-order chi connectivity index (χ0) is 18.4. The molecule has 25 heavy (non-hydrogen) atoms. The Hall–Kier alpha value is -2.70. The van der Waals surface area contributed by atoms with E-state index < -0.39 is 28.4 Å². The molecular weight excluding hydrogens is 362 g/mol. The second-order valence-corrected chi connectivity index (χ2v) is 8.52. The minimum atomic E-state index is -4.04. The largest absolute Gasteiger partial charge is 0.315 e. The van der Waals surface area contributed by atoms with E-state index in [4.69, 9.17) is 0 Å². The molecule has 1 N–H and O–H groups in total. The van der Waals surface area contributed by atoms with Crippen molar-refractivity contribution < 1.29 is 18.0 Å². The molecule has 0 bridgehead atoms. The van der Waals surface area contributed by atoms with Crippen molar-refractivity contribution in [2.75, 3.05) is 11.9 Å². The van der Waals surface area contributed by atoms with Gasteiger partial charge in [-0.25, -0.2) is 12.7 Å². The maximum absolute atomic E-state index is 12.4. The highest BCUT2D eigenvalue weighted by molar-refractivity contribution is 7.90. The van der Waals surface area contributed by atoms with Crippen molar-refractivity contribution in [3.8, 4) is 6.07 Å². The third-order valence-corrected chi connectivity index (χ3v) is 6.86. The molecule has 7 nitrogen and oxygen atoms in total. The van der Waals surface area contributed by atoms with Crippen molar-refractivity contribution in [3.63, 3.8) is 0 Å². The standard InChI is InChI=1S/C16H13N3O4S2/c1-9-10(2)24-15(12(9)7-17)18-14(20)8-19-16(21)11-5-3-4-6-13(11)25(19,22)23/h3-6H,8H2,1-2H3,(H,18,20). The van der Waals surface area contributed by atoms with Crippen LogP contribution in [0.1, 0.15) is 26.4 Å². The third kappa shape index (κ3) is 2.69. The number of anilines is 1. The van der Waals surface area contributed by atoms with Crippen LogP contribution in [0.2, 0.25) is 0 Å². The van der Waals surface area contributed by atoms with Crippen LogP contribution in [0.25, 0.3) is 0 Å². The molecule has 9 heteroatoms. The van der Waals surface area contributed by atoms with Crippen LogP contribution in [-0.4, -0.2) is 31.1 Å². The summed E-state index contributed by atoms with van der Waals surface area (Å²) in [6, 6.07) is 7.84. The molecule has 1 aliphatic rings. The first-order valence-electron chi connectivity index (χ1n) is 7.23. The maximum atomic E-state index is 12.4. The number of thiophene rings is 1. The summed E-state index contributed by atoms with van der Waals surface area (Å²) >= 11 is 1.23. The van der Waals surface area contributed by atoms with E-state index in [2.05, 4.69) is 5.32 Å². The van der Waals surface area contributed by atoms with Crippen molar-refractivity contribution in [2.24, 2.45) is 0 Å². The number of carbonyl (C=O) groups is 2. The van der Waals surface area contributed by atoms with E-state index in [-0.39, 0.29) is 10.5 Å². The lowest BCUT2D eigenvalue weighted by Gasteiger charge is -2.14. The zero-order valence-electron chi connectivity index (χ0n) is 13.4. The number of sulfonamides is 1. The number of aryl methyl sites for hydroxylation is 1. The fourth-order valence-corrected chi connectivity index (χ4v) is 5.09. The minimum absolute atomic E-state index is 0.0517. The molecule has 0 atom stereocenters. The molecule has 0 aliphatic carbocycles. The van der Waals surface area contributed by atoms with E-state index in [1.165, 1.54) is 29.5 Å². The Balaban J connectivity index is 1.85. The lowest BCUT2D eigenvalue weighted by Crippen LogP contribution is -2.37. The molecule has 0 unspecified atom stereocenters. The molecule has 1 aromatic heterocycles. The van der Waals surface area contributed by atoms with Gasteiger partial charge in [-0.05, 0) is 31.5 Å². The van der Waals surface area contributed by atoms with Gasteiger partial charge in [0.2, 0.25) is 5.91 Å². The molecule has 0 saturated heterocycles. The van der Waals surface area contributed by atoms with E-state index in [9.17, 15) is 23.3 Å². The van der Waals surface area contributed by atoms with Crippen molar-refractivity contribution in [1.82, 2.24) is 4.31 Å². The molecule has 128 valence electrons. The number of carbonyl (C=O) groups excluding carboxylic acids is 2. The highest BCUT2D eigenvalue weighted by atomic mass is 32.2. The summed E-state index contributed by atoms with van der Waals surface area (Å²) in [6.07, 6.45) is 0. The predicted octanol–water partition coefficient (Wildman–Crippen LogP) is 2.02. The SMILES string of the molecule is Cc1sc(NC(=O)CN2C(=O)c3ccccc3S2(=O)=O)c(C#N)c1C. The van der Waals surface area contributed by atoms with Gasteiger partial charge in [0.05, 0.1) is 11.1 Å². The Kier molecular flexibility index (Phi) is 4.10. The number of fused-ring (bicyclic) bond motifs is 1. The number of nitriles is 1. The Morgan fingerprint density at radius 1 is 1.32 bits per heavy atom. The van der Waals surface area contributed by atoms with Crippen LogP contribution < -0.4 is 5.32 Å². The van der Waals surface area contributed by atoms with Gasteiger partial charge >= 0.3 is 0 Å². The number of rotatable bonds is 3. The summed E-state index contributed by atoms with van der Waals surface area (Å²) in [6.45, 7) is 2.95. The van der Waals surface area contributed by atoms with E-state index in [0.29, 0.717) is 14.9 Å². The fourth-order valence-electron chi connectivity index (χ4n) is 2.53. The highest BCUT2D eigenvalue weighted by Gasteiger charge is 2.41. The first-order chi connectivity index (χ1) is 11.8. The summed E-state index contributed by atoms with van der Waals surface area (Å²) in [5.74, 6) is -1.41. The lowest BCUT2D eigenvalue weighted by molar-refractivity contribution is -0.116. The summed E-state index contributed by atoms with van der Waals surface area (Å²) in [5.41, 5.74) is 1.16. The molecule has 3 rings (SSSR count). The van der Waals surface area contributed by atoms with Crippen LogP contribution in [0, 0.1) is 25.2 Å². The fraction of sp³-hybridized carbons (Fsp3) is 0.188. The molecule has 2 heterocycles. The number of nitrogens with one attached hydrogen (secondary N) is 1. The number of hydrogen-bond acceptors (Lipinski definition) is 6. The molecule has 2 amide bonds. The summed E-state index contributed by atoms with van der Waals surface area (Å²) in [7, 11) is -4.04. The van der Waals surface area contributed by atoms with Gasteiger partial charge in [0.25, 0.3) is 15.9 Å². The Morgan fingerprint density at radius 3 is 2.64 bits per heavy atom. The Labute approximate surface area is 148 Å². The average molecular weight is 375 g/mol. The highest BCUT2D eigenvalue weighted by Crippen LogP contribution is 2.32. The zero-order valence-corrected chi connectivity index (χ0v) is 15.0. The van der Waals surface area contributed by atoms with Crippen LogP contribution >= 0.6 is 11.3 Å². The van der Waals surface area contributed by atoms with Crippen LogP contribution in [0.3, 0.4) is 0 Å². The van der Waals surface area contributed by atoms with Gasteiger partial charge in [-0.15, -0.1) is 11.3 Å². The second-order valence-electron chi connectivity index (χ2n) is 5.46. The van der Waals surface area contributed by atoms with Gasteiger partial charge in [-0.3, -0.25) is 9.59 Å². The van der Waals surface area contributed by atoms with Gasteiger partial charge in [0.15, 0.2) is 0 Å². The first-order valence-corrected chi connectivity index (χ1v) is 9.49. The van der Waals surface area contributed by atoms with Crippen LogP contribution in [0.5, 0.6) is 0 Å². The van der Waals surface area contributed by atoms with E-state index >= 15 is 0 Å². The number of benzene rings is 1. The van der Waals surface area contributed by atoms with Crippen molar-refractivity contribution in [1.29, 1.82) is 5.26 Å². The van der Waals surface area contributed by atoms with Crippen LogP contribution in [0.4, 0.5) is 5.00 Å². The molecule has 0 spiro atoms. The monoisotopic (exact) mass is 375 g/mol. The Morgan fingerprint density at radius 2 is 2.00 bits per heavy atom. The van der Waals surface area contributed by atoms with Crippen molar-refractivity contribution >= 4 is 38.2 Å². The topological polar surface area (TPSA) is 107 Å². The number of amides is 2. The van der Waals surface area contributed by atoms with Crippen molar-refractivity contribution in [2.45, 2.75) is 18.7 Å². The second kappa shape index (κ2) is 5.98. The van der Waals surface area contributed by atoms with E-state index in [1.54, 1.807) is 13.0 Å². The average Bonchev–Trinajstić information content (AvgIpc) is 2.94. The first kappa shape index (κ1) is 17.1. The summed E-state index contributed by atoms with van der Waals surface area (Å²) in [4.78, 5) is 25.3. The molecule has 2 aromatic rings. The van der Waals surface area contributed by atoms with Crippen molar-refractivity contribution in [3.05, 3.63) is 45.8 Å². The number of hydrogen-bond donors (Lipinski definition) is 1. The molecular formula is C16H13N3O4S2. The maximum Gasteiger partial charge on any atom is 0.269 e. The molecule has 0 radical (unpaired) electrons. The Bertz CT molecular complexity index is 1050.